The molecule has 0 fully saturated rings. The highest BCUT2D eigenvalue weighted by molar-refractivity contribution is 5.74. The molecule has 0 N–H and O–H groups in total. The van der Waals surface area contributed by atoms with E-state index in [-0.39, 0.29) is 0 Å². The molecule has 1 amide bonds. The van der Waals surface area contributed by atoms with Gasteiger partial charge in [0.1, 0.15) is 29.4 Å². The number of carbonyl (C=O) groups is 2. The number of amides is 1. The molecule has 2 aromatic rings. The molecule has 0 radical (unpaired) electrons. The molecule has 1 unspecified atom stereocenters. The van der Waals surface area contributed by atoms with E-state index >= 15 is 0 Å². The molecule has 0 aromatic heterocycles. The van der Waals surface area contributed by atoms with Crippen molar-refractivity contribution in [1.82, 2.24) is 4.90 Å². The first-order valence-electron chi connectivity index (χ1n) is 8.04. The summed E-state index contributed by atoms with van der Waals surface area (Å²) in [6.07, 6.45) is 0.172. The molecule has 5 nitrogen and oxygen atoms in total. The summed E-state index contributed by atoms with van der Waals surface area (Å²) >= 11 is 0. The summed E-state index contributed by atoms with van der Waals surface area (Å²) in [6.45, 7) is 5.35. The van der Waals surface area contributed by atoms with Crippen molar-refractivity contribution in [3.63, 3.8) is 0 Å². The Hall–Kier alpha value is -2.82. The van der Waals surface area contributed by atoms with Crippen molar-refractivity contribution in [1.29, 1.82) is 0 Å². The minimum absolute atomic E-state index is 0.547. The van der Waals surface area contributed by atoms with Crippen molar-refractivity contribution in [2.45, 2.75) is 32.4 Å². The third-order valence-electron chi connectivity index (χ3n) is 3.43. The van der Waals surface area contributed by atoms with Gasteiger partial charge in [-0.1, -0.05) is 30.3 Å². The summed E-state index contributed by atoms with van der Waals surface area (Å²) in [5.41, 5.74) is 0.0652. The molecule has 132 valence electrons. The zero-order valence-electron chi connectivity index (χ0n) is 14.9. The number of aldehydes is 1. The summed E-state index contributed by atoms with van der Waals surface area (Å²) in [5, 5.41) is 0. The first-order chi connectivity index (χ1) is 11.8. The fourth-order valence-electron chi connectivity index (χ4n) is 2.20. The second-order valence-electron chi connectivity index (χ2n) is 6.66. The van der Waals surface area contributed by atoms with Gasteiger partial charge in [-0.05, 0) is 50.6 Å². The van der Waals surface area contributed by atoms with Crippen LogP contribution in [0.4, 0.5) is 4.79 Å². The van der Waals surface area contributed by atoms with Crippen molar-refractivity contribution in [3.8, 4) is 11.5 Å². The molecule has 5 heteroatoms. The minimum Gasteiger partial charge on any atom is -0.457 e. The highest BCUT2D eigenvalue weighted by Crippen LogP contribution is 2.25. The molecule has 25 heavy (non-hydrogen) atoms. The maximum absolute atomic E-state index is 12.2. The van der Waals surface area contributed by atoms with Crippen LogP contribution in [0.15, 0.2) is 54.6 Å². The molecule has 0 heterocycles. The lowest BCUT2D eigenvalue weighted by molar-refractivity contribution is -0.112. The van der Waals surface area contributed by atoms with Gasteiger partial charge in [-0.25, -0.2) is 4.79 Å². The van der Waals surface area contributed by atoms with Crippen LogP contribution in [0.2, 0.25) is 0 Å². The van der Waals surface area contributed by atoms with Gasteiger partial charge >= 0.3 is 6.09 Å². The number of rotatable bonds is 5. The molecule has 0 aliphatic rings. The maximum Gasteiger partial charge on any atom is 0.410 e. The topological polar surface area (TPSA) is 55.8 Å². The van der Waals surface area contributed by atoms with Crippen LogP contribution in [0.1, 0.15) is 32.4 Å². The number of para-hydroxylation sites is 1. The molecular weight excluding hydrogens is 318 g/mol. The van der Waals surface area contributed by atoms with E-state index in [0.29, 0.717) is 11.3 Å². The van der Waals surface area contributed by atoms with Gasteiger partial charge in [0.2, 0.25) is 0 Å². The third kappa shape index (κ3) is 5.35. The molecule has 0 bridgehead atoms. The number of likely N-dealkylation sites (N-methyl/N-ethyl adjacent to an activating group) is 1. The van der Waals surface area contributed by atoms with E-state index in [9.17, 15) is 9.59 Å². The Labute approximate surface area is 148 Å². The molecule has 0 saturated heterocycles. The van der Waals surface area contributed by atoms with Crippen molar-refractivity contribution >= 4 is 12.4 Å². The van der Waals surface area contributed by atoms with E-state index in [0.717, 1.165) is 12.0 Å². The quantitative estimate of drug-likeness (QED) is 0.747. The second kappa shape index (κ2) is 7.83. The number of benzene rings is 2. The number of hydrogen-bond acceptors (Lipinski definition) is 4. The second-order valence-corrected chi connectivity index (χ2v) is 6.66. The predicted molar refractivity (Wildman–Crippen MR) is 95.8 cm³/mol. The number of ether oxygens (including phenoxy) is 2. The van der Waals surface area contributed by atoms with Crippen LogP contribution in [0.5, 0.6) is 11.5 Å². The molecule has 0 saturated carbocycles. The van der Waals surface area contributed by atoms with Crippen LogP contribution in [-0.2, 0) is 9.53 Å². The lowest BCUT2D eigenvalue weighted by atomic mass is 10.1. The third-order valence-corrected chi connectivity index (χ3v) is 3.43. The smallest absolute Gasteiger partial charge is 0.410 e. The van der Waals surface area contributed by atoms with Crippen LogP contribution in [0.3, 0.4) is 0 Å². The SMILES string of the molecule is CN(C(=O)OC(C)(C)C)C(C=O)c1ccc(Oc2ccccc2)cc1. The van der Waals surface area contributed by atoms with Gasteiger partial charge in [0.25, 0.3) is 0 Å². The average Bonchev–Trinajstić information content (AvgIpc) is 2.56. The van der Waals surface area contributed by atoms with Gasteiger partial charge in [0.05, 0.1) is 0 Å². The largest absolute Gasteiger partial charge is 0.457 e. The maximum atomic E-state index is 12.2. The molecule has 2 aromatic carbocycles. The van der Waals surface area contributed by atoms with Crippen molar-refractivity contribution < 1.29 is 19.1 Å². The van der Waals surface area contributed by atoms with Crippen molar-refractivity contribution in [3.05, 3.63) is 60.2 Å². The number of carbonyl (C=O) groups excluding carboxylic acids is 2. The predicted octanol–water partition coefficient (Wildman–Crippen LogP) is 4.59. The van der Waals surface area contributed by atoms with Crippen LogP contribution in [0.25, 0.3) is 0 Å². The van der Waals surface area contributed by atoms with E-state index in [1.54, 1.807) is 52.1 Å². The lowest BCUT2D eigenvalue weighted by Crippen LogP contribution is -2.37. The minimum atomic E-state index is -0.722. The fraction of sp³-hybridized carbons (Fsp3) is 0.300. The molecule has 1 atom stereocenters. The van der Waals surface area contributed by atoms with Gasteiger partial charge in [-0.15, -0.1) is 0 Å². The van der Waals surface area contributed by atoms with E-state index in [4.69, 9.17) is 9.47 Å². The highest BCUT2D eigenvalue weighted by Gasteiger charge is 2.26. The summed E-state index contributed by atoms with van der Waals surface area (Å²) in [6, 6.07) is 15.7. The van der Waals surface area contributed by atoms with Crippen molar-refractivity contribution in [2.75, 3.05) is 7.05 Å². The zero-order valence-corrected chi connectivity index (χ0v) is 14.9. The van der Waals surface area contributed by atoms with Crippen LogP contribution < -0.4 is 4.74 Å². The Kier molecular flexibility index (Phi) is 5.80. The zero-order chi connectivity index (χ0) is 18.4. The highest BCUT2D eigenvalue weighted by atomic mass is 16.6. The number of nitrogens with zero attached hydrogens (tertiary/aromatic N) is 1. The van der Waals surface area contributed by atoms with Gasteiger partial charge in [-0.2, -0.15) is 0 Å². The van der Waals surface area contributed by atoms with E-state index in [1.165, 1.54) is 4.90 Å². The first-order valence-corrected chi connectivity index (χ1v) is 8.04. The van der Waals surface area contributed by atoms with E-state index in [1.807, 2.05) is 30.3 Å². The van der Waals surface area contributed by atoms with Gasteiger partial charge in [-0.3, -0.25) is 4.90 Å². The summed E-state index contributed by atoms with van der Waals surface area (Å²) in [7, 11) is 1.54. The Morgan fingerprint density at radius 1 is 1.00 bits per heavy atom. The average molecular weight is 341 g/mol. The molecule has 2 rings (SSSR count). The normalized spacial score (nSPS) is 12.2. The fourth-order valence-corrected chi connectivity index (χ4v) is 2.20. The summed E-state index contributed by atoms with van der Waals surface area (Å²) in [5.74, 6) is 1.38. The molecule has 0 spiro atoms. The van der Waals surface area contributed by atoms with Gasteiger partial charge in [0, 0.05) is 7.05 Å². The Bertz CT molecular complexity index is 705. The summed E-state index contributed by atoms with van der Waals surface area (Å²) < 4.78 is 11.0. The van der Waals surface area contributed by atoms with Gasteiger partial charge in [0.15, 0.2) is 0 Å². The monoisotopic (exact) mass is 341 g/mol. The first kappa shape index (κ1) is 18.5. The standard InChI is InChI=1S/C20H23NO4/c1-20(2,3)25-19(23)21(4)18(14-22)15-10-12-17(13-11-15)24-16-8-6-5-7-9-16/h5-14,18H,1-4H3. The lowest BCUT2D eigenvalue weighted by Gasteiger charge is -2.28. The Balaban J connectivity index is 2.10. The Morgan fingerprint density at radius 3 is 2.08 bits per heavy atom. The Morgan fingerprint density at radius 2 is 1.56 bits per heavy atom. The molecule has 0 aliphatic heterocycles. The summed E-state index contributed by atoms with van der Waals surface area (Å²) in [4.78, 5) is 25.0. The van der Waals surface area contributed by atoms with Crippen molar-refractivity contribution in [2.24, 2.45) is 0 Å². The van der Waals surface area contributed by atoms with Crippen LogP contribution in [-0.4, -0.2) is 29.9 Å². The van der Waals surface area contributed by atoms with E-state index < -0.39 is 17.7 Å². The van der Waals surface area contributed by atoms with Crippen LogP contribution >= 0.6 is 0 Å². The number of hydrogen-bond donors (Lipinski definition) is 0. The van der Waals surface area contributed by atoms with Gasteiger partial charge < -0.3 is 14.3 Å². The van der Waals surface area contributed by atoms with E-state index in [2.05, 4.69) is 0 Å². The molecular formula is C20H23NO4. The molecule has 0 aliphatic carbocycles. The van der Waals surface area contributed by atoms with Crippen LogP contribution in [0, 0.1) is 0 Å².